The van der Waals surface area contributed by atoms with Crippen LogP contribution < -0.4 is 4.52 Å². The molecule has 0 radical (unpaired) electrons. The van der Waals surface area contributed by atoms with Gasteiger partial charge in [-0.25, -0.2) is 8.42 Å². The van der Waals surface area contributed by atoms with Gasteiger partial charge in [-0.1, -0.05) is 36.8 Å². The van der Waals surface area contributed by atoms with E-state index < -0.39 is 16.4 Å². The number of halogens is 1. The van der Waals surface area contributed by atoms with Crippen molar-refractivity contribution in [2.24, 2.45) is 7.05 Å². The molecule has 0 aromatic carbocycles. The third-order valence-electron chi connectivity index (χ3n) is 2.20. The smallest absolute Gasteiger partial charge is 0.304 e. The van der Waals surface area contributed by atoms with Gasteiger partial charge in [0.1, 0.15) is 5.02 Å². The molecule has 1 aromatic heterocycles. The van der Waals surface area contributed by atoms with Crippen molar-refractivity contribution in [1.82, 2.24) is 9.78 Å². The van der Waals surface area contributed by atoms with Crippen LogP contribution >= 0.6 is 29.6 Å². The summed E-state index contributed by atoms with van der Waals surface area (Å²) in [6, 6.07) is 0. The standard InChI is InChI=1S/C9H16ClN2O4PS2/c1-5-17(13,18-6-2)16-8-7(10)9(12(3)11-8)19(4,14)15/h5-6H2,1-4H3. The zero-order valence-electron chi connectivity index (χ0n) is 11.1. The summed E-state index contributed by atoms with van der Waals surface area (Å²) in [7, 11) is -2.08. The Hall–Kier alpha value is -0.170. The number of hydrogen-bond acceptors (Lipinski definition) is 6. The number of hydrogen-bond donors (Lipinski definition) is 0. The Bertz CT molecular complexity index is 614. The maximum atomic E-state index is 12.4. The second kappa shape index (κ2) is 6.08. The van der Waals surface area contributed by atoms with E-state index in [1.165, 1.54) is 18.4 Å². The lowest BCUT2D eigenvalue weighted by molar-refractivity contribution is 0.484. The number of aromatic nitrogens is 2. The van der Waals surface area contributed by atoms with Crippen molar-refractivity contribution in [3.63, 3.8) is 0 Å². The zero-order chi connectivity index (χ0) is 14.8. The molecule has 110 valence electrons. The molecule has 1 heterocycles. The highest BCUT2D eigenvalue weighted by atomic mass is 35.5. The molecule has 6 nitrogen and oxygen atoms in total. The molecule has 0 aliphatic rings. The Labute approximate surface area is 122 Å². The third-order valence-corrected chi connectivity index (χ3v) is 8.65. The molecule has 1 unspecified atom stereocenters. The summed E-state index contributed by atoms with van der Waals surface area (Å²) >= 11 is 7.14. The normalized spacial score (nSPS) is 15.2. The maximum Gasteiger partial charge on any atom is 0.304 e. The molecule has 0 fully saturated rings. The second-order valence-corrected chi connectivity index (χ2v) is 11.4. The first-order valence-corrected chi connectivity index (χ1v) is 11.2. The quantitative estimate of drug-likeness (QED) is 0.737. The van der Waals surface area contributed by atoms with Crippen LogP contribution in [0.2, 0.25) is 5.02 Å². The molecule has 0 amide bonds. The summed E-state index contributed by atoms with van der Waals surface area (Å²) in [6.07, 6.45) is 1.34. The van der Waals surface area contributed by atoms with E-state index in [-0.39, 0.29) is 15.9 Å². The summed E-state index contributed by atoms with van der Waals surface area (Å²) in [4.78, 5) is 0. The van der Waals surface area contributed by atoms with Gasteiger partial charge in [0.25, 0.3) is 5.88 Å². The van der Waals surface area contributed by atoms with Crippen molar-refractivity contribution in [1.29, 1.82) is 0 Å². The van der Waals surface area contributed by atoms with Crippen molar-refractivity contribution in [3.05, 3.63) is 5.02 Å². The van der Waals surface area contributed by atoms with Crippen LogP contribution in [0.1, 0.15) is 13.8 Å². The number of nitrogens with zero attached hydrogens (tertiary/aromatic N) is 2. The van der Waals surface area contributed by atoms with Crippen LogP contribution in [-0.2, 0) is 21.4 Å². The Morgan fingerprint density at radius 3 is 2.42 bits per heavy atom. The summed E-state index contributed by atoms with van der Waals surface area (Å²) in [5, 5.41) is 3.62. The van der Waals surface area contributed by atoms with E-state index in [0.717, 1.165) is 10.9 Å². The van der Waals surface area contributed by atoms with E-state index in [1.807, 2.05) is 6.92 Å². The fraction of sp³-hybridized carbons (Fsp3) is 0.667. The number of sulfone groups is 1. The predicted octanol–water partition coefficient (Wildman–Crippen LogP) is 2.82. The largest absolute Gasteiger partial charge is 0.414 e. The molecule has 19 heavy (non-hydrogen) atoms. The van der Waals surface area contributed by atoms with Crippen molar-refractivity contribution < 1.29 is 17.5 Å². The molecule has 0 aliphatic heterocycles. The predicted molar refractivity (Wildman–Crippen MR) is 78.2 cm³/mol. The van der Waals surface area contributed by atoms with E-state index in [0.29, 0.717) is 11.9 Å². The van der Waals surface area contributed by atoms with Gasteiger partial charge in [0.05, 0.1) is 0 Å². The van der Waals surface area contributed by atoms with Crippen molar-refractivity contribution in [3.8, 4) is 5.88 Å². The lowest BCUT2D eigenvalue weighted by Crippen LogP contribution is -2.05. The molecule has 0 saturated heterocycles. The highest BCUT2D eigenvalue weighted by molar-refractivity contribution is 8.56. The van der Waals surface area contributed by atoms with Crippen LogP contribution in [0.5, 0.6) is 5.88 Å². The van der Waals surface area contributed by atoms with Gasteiger partial charge < -0.3 is 4.52 Å². The Kier molecular flexibility index (Phi) is 5.40. The molecular formula is C9H16ClN2O4PS2. The first-order valence-electron chi connectivity index (χ1n) is 5.50. The van der Waals surface area contributed by atoms with Gasteiger partial charge in [0, 0.05) is 25.2 Å². The van der Waals surface area contributed by atoms with Crippen LogP contribution in [0.25, 0.3) is 0 Å². The van der Waals surface area contributed by atoms with Crippen molar-refractivity contribution in [2.75, 3.05) is 18.2 Å². The monoisotopic (exact) mass is 346 g/mol. The minimum absolute atomic E-state index is 0.101. The summed E-state index contributed by atoms with van der Waals surface area (Å²) in [6.45, 7) is 0.647. The fourth-order valence-electron chi connectivity index (χ4n) is 1.43. The Morgan fingerprint density at radius 1 is 1.47 bits per heavy atom. The highest BCUT2D eigenvalue weighted by Crippen LogP contribution is 2.59. The third kappa shape index (κ3) is 3.90. The molecule has 0 N–H and O–H groups in total. The highest BCUT2D eigenvalue weighted by Gasteiger charge is 2.29. The van der Waals surface area contributed by atoms with Gasteiger partial charge >= 0.3 is 6.57 Å². The topological polar surface area (TPSA) is 78.3 Å². The van der Waals surface area contributed by atoms with Gasteiger partial charge in [0.15, 0.2) is 14.9 Å². The number of aryl methyl sites for hydroxylation is 1. The molecular weight excluding hydrogens is 331 g/mol. The lowest BCUT2D eigenvalue weighted by atomic mass is 10.7. The fourth-order valence-corrected chi connectivity index (χ4v) is 6.28. The Morgan fingerprint density at radius 2 is 2.05 bits per heavy atom. The molecule has 0 bridgehead atoms. The lowest BCUT2D eigenvalue weighted by Gasteiger charge is -2.14. The molecule has 1 aromatic rings. The minimum Gasteiger partial charge on any atom is -0.414 e. The summed E-state index contributed by atoms with van der Waals surface area (Å²) < 4.78 is 42.0. The first-order chi connectivity index (χ1) is 8.64. The van der Waals surface area contributed by atoms with Crippen LogP contribution in [0.3, 0.4) is 0 Å². The minimum atomic E-state index is -3.53. The average Bonchev–Trinajstić information content (AvgIpc) is 2.53. The average molecular weight is 347 g/mol. The SMILES string of the molecule is CCSP(=O)(CC)Oc1nn(C)c(S(C)(=O)=O)c1Cl. The molecule has 0 spiro atoms. The van der Waals surface area contributed by atoms with E-state index in [9.17, 15) is 13.0 Å². The summed E-state index contributed by atoms with van der Waals surface area (Å²) in [5.41, 5.74) is 0. The van der Waals surface area contributed by atoms with Gasteiger partial charge in [-0.2, -0.15) is 0 Å². The van der Waals surface area contributed by atoms with Crippen LogP contribution in [0.4, 0.5) is 0 Å². The van der Waals surface area contributed by atoms with Crippen LogP contribution in [-0.4, -0.2) is 36.4 Å². The van der Waals surface area contributed by atoms with Gasteiger partial charge in [-0.15, -0.1) is 5.10 Å². The van der Waals surface area contributed by atoms with Crippen LogP contribution in [0, 0.1) is 0 Å². The van der Waals surface area contributed by atoms with E-state index >= 15 is 0 Å². The van der Waals surface area contributed by atoms with Gasteiger partial charge in [-0.3, -0.25) is 9.25 Å². The van der Waals surface area contributed by atoms with Crippen molar-refractivity contribution in [2.45, 2.75) is 18.9 Å². The second-order valence-electron chi connectivity index (χ2n) is 3.76. The van der Waals surface area contributed by atoms with Gasteiger partial charge in [-0.05, 0) is 0 Å². The van der Waals surface area contributed by atoms with E-state index in [4.69, 9.17) is 16.1 Å². The van der Waals surface area contributed by atoms with Crippen molar-refractivity contribution >= 4 is 39.4 Å². The molecule has 1 atom stereocenters. The first kappa shape index (κ1) is 16.9. The number of rotatable bonds is 6. The molecule has 1 rings (SSSR count). The zero-order valence-corrected chi connectivity index (χ0v) is 14.4. The molecule has 0 aliphatic carbocycles. The van der Waals surface area contributed by atoms with E-state index in [1.54, 1.807) is 6.92 Å². The van der Waals surface area contributed by atoms with Gasteiger partial charge in [0.2, 0.25) is 0 Å². The summed E-state index contributed by atoms with van der Waals surface area (Å²) in [5.74, 6) is 0.518. The van der Waals surface area contributed by atoms with Crippen LogP contribution in [0.15, 0.2) is 5.03 Å². The Balaban J connectivity index is 3.22. The van der Waals surface area contributed by atoms with E-state index in [2.05, 4.69) is 5.10 Å². The maximum absolute atomic E-state index is 12.4. The molecule has 0 saturated carbocycles. The molecule has 10 heteroatoms.